The van der Waals surface area contributed by atoms with Crippen molar-refractivity contribution in [3.05, 3.63) is 0 Å². The van der Waals surface area contributed by atoms with Crippen LogP contribution in [0.25, 0.3) is 0 Å². The van der Waals surface area contributed by atoms with Crippen molar-refractivity contribution in [1.82, 2.24) is 4.90 Å². The van der Waals surface area contributed by atoms with Crippen LogP contribution in [0, 0.1) is 11.8 Å². The Balaban J connectivity index is 1.99. The molecule has 82 valence electrons. The number of ether oxygens (including phenoxy) is 1. The molecule has 0 radical (unpaired) electrons. The van der Waals surface area contributed by atoms with E-state index in [1.165, 1.54) is 19.3 Å². The predicted octanol–water partition coefficient (Wildman–Crippen LogP) is 2.14. The molecule has 2 rings (SSSR count). The smallest absolute Gasteiger partial charge is 0.0511 e. The molecule has 0 saturated carbocycles. The van der Waals surface area contributed by atoms with Gasteiger partial charge in [-0.15, -0.1) is 0 Å². The largest absolute Gasteiger partial charge is 0.381 e. The van der Waals surface area contributed by atoms with E-state index in [0.717, 1.165) is 37.1 Å². The summed E-state index contributed by atoms with van der Waals surface area (Å²) >= 11 is 0. The van der Waals surface area contributed by atoms with Gasteiger partial charge in [-0.2, -0.15) is 0 Å². The van der Waals surface area contributed by atoms with Crippen LogP contribution >= 0.6 is 0 Å². The SMILES string of the molecule is CCOCC1C(C)CC2CCC1N2C. The molecular weight excluding hydrogens is 174 g/mol. The highest BCUT2D eigenvalue weighted by atomic mass is 16.5. The molecule has 0 aromatic carbocycles. The van der Waals surface area contributed by atoms with E-state index in [4.69, 9.17) is 4.74 Å². The molecule has 0 N–H and O–H groups in total. The standard InChI is InChI=1S/C12H23NO/c1-4-14-8-11-9(2)7-10-5-6-12(11)13(10)3/h9-12H,4-8H2,1-3H3. The maximum Gasteiger partial charge on any atom is 0.0511 e. The molecule has 2 saturated heterocycles. The number of nitrogens with zero attached hydrogens (tertiary/aromatic N) is 1. The summed E-state index contributed by atoms with van der Waals surface area (Å²) < 4.78 is 5.62. The summed E-state index contributed by atoms with van der Waals surface area (Å²) in [7, 11) is 2.30. The van der Waals surface area contributed by atoms with E-state index >= 15 is 0 Å². The van der Waals surface area contributed by atoms with Crippen LogP contribution < -0.4 is 0 Å². The van der Waals surface area contributed by atoms with Gasteiger partial charge in [-0.05, 0) is 39.2 Å². The third-order valence-corrected chi connectivity index (χ3v) is 4.28. The lowest BCUT2D eigenvalue weighted by atomic mass is 9.82. The van der Waals surface area contributed by atoms with Gasteiger partial charge in [-0.3, -0.25) is 0 Å². The fourth-order valence-electron chi connectivity index (χ4n) is 3.35. The van der Waals surface area contributed by atoms with Crippen molar-refractivity contribution in [3.8, 4) is 0 Å². The molecule has 2 aliphatic rings. The second-order valence-electron chi connectivity index (χ2n) is 5.00. The van der Waals surface area contributed by atoms with Crippen LogP contribution in [0.3, 0.4) is 0 Å². The zero-order valence-corrected chi connectivity index (χ0v) is 9.70. The lowest BCUT2D eigenvalue weighted by Crippen LogP contribution is -2.47. The zero-order chi connectivity index (χ0) is 10.1. The molecule has 0 aromatic heterocycles. The number of hydrogen-bond acceptors (Lipinski definition) is 2. The highest BCUT2D eigenvalue weighted by molar-refractivity contribution is 4.97. The minimum absolute atomic E-state index is 0.777. The number of piperidine rings is 1. The van der Waals surface area contributed by atoms with E-state index in [9.17, 15) is 0 Å². The summed E-state index contributed by atoms with van der Waals surface area (Å²) in [6.07, 6.45) is 4.18. The second-order valence-corrected chi connectivity index (χ2v) is 5.00. The molecule has 2 aliphatic heterocycles. The molecule has 14 heavy (non-hydrogen) atoms. The van der Waals surface area contributed by atoms with Gasteiger partial charge in [0.1, 0.15) is 0 Å². The average Bonchev–Trinajstić information content (AvgIpc) is 2.43. The highest BCUT2D eigenvalue weighted by Gasteiger charge is 2.43. The lowest BCUT2D eigenvalue weighted by Gasteiger charge is -2.41. The maximum atomic E-state index is 5.62. The minimum Gasteiger partial charge on any atom is -0.381 e. The van der Waals surface area contributed by atoms with Gasteiger partial charge in [-0.1, -0.05) is 6.92 Å². The summed E-state index contributed by atoms with van der Waals surface area (Å²) in [6, 6.07) is 1.67. The molecule has 0 aliphatic carbocycles. The van der Waals surface area contributed by atoms with Crippen LogP contribution in [-0.2, 0) is 4.74 Å². The normalized spacial score (nSPS) is 43.1. The van der Waals surface area contributed by atoms with E-state index < -0.39 is 0 Å². The van der Waals surface area contributed by atoms with Crippen LogP contribution in [0.4, 0.5) is 0 Å². The first-order chi connectivity index (χ1) is 6.74. The number of fused-ring (bicyclic) bond motifs is 2. The van der Waals surface area contributed by atoms with E-state index in [-0.39, 0.29) is 0 Å². The Labute approximate surface area is 87.6 Å². The fraction of sp³-hybridized carbons (Fsp3) is 1.00. The second kappa shape index (κ2) is 4.19. The van der Waals surface area contributed by atoms with Crippen LogP contribution in [0.2, 0.25) is 0 Å². The Morgan fingerprint density at radius 2 is 2.14 bits per heavy atom. The molecule has 2 nitrogen and oxygen atoms in total. The third-order valence-electron chi connectivity index (χ3n) is 4.28. The van der Waals surface area contributed by atoms with Crippen LogP contribution in [-0.4, -0.2) is 37.2 Å². The summed E-state index contributed by atoms with van der Waals surface area (Å²) in [4.78, 5) is 2.60. The summed E-state index contributed by atoms with van der Waals surface area (Å²) in [6.45, 7) is 6.33. The van der Waals surface area contributed by atoms with Crippen molar-refractivity contribution < 1.29 is 4.74 Å². The molecule has 4 atom stereocenters. The first kappa shape index (κ1) is 10.4. The molecule has 2 fully saturated rings. The predicted molar refractivity (Wildman–Crippen MR) is 58.3 cm³/mol. The fourth-order valence-corrected chi connectivity index (χ4v) is 3.35. The third kappa shape index (κ3) is 1.70. The first-order valence-electron chi connectivity index (χ1n) is 6.03. The summed E-state index contributed by atoms with van der Waals surface area (Å²) in [5.41, 5.74) is 0. The van der Waals surface area contributed by atoms with Gasteiger partial charge in [-0.25, -0.2) is 0 Å². The van der Waals surface area contributed by atoms with Gasteiger partial charge in [0.15, 0.2) is 0 Å². The van der Waals surface area contributed by atoms with Crippen molar-refractivity contribution in [3.63, 3.8) is 0 Å². The first-order valence-corrected chi connectivity index (χ1v) is 6.03. The van der Waals surface area contributed by atoms with Gasteiger partial charge in [0.05, 0.1) is 6.61 Å². The Morgan fingerprint density at radius 1 is 1.36 bits per heavy atom. The van der Waals surface area contributed by atoms with Crippen molar-refractivity contribution in [1.29, 1.82) is 0 Å². The Hall–Kier alpha value is -0.0800. The Bertz CT molecular complexity index is 195. The molecule has 2 heterocycles. The van der Waals surface area contributed by atoms with Crippen molar-refractivity contribution in [2.45, 2.75) is 45.2 Å². The van der Waals surface area contributed by atoms with E-state index in [2.05, 4.69) is 25.8 Å². The lowest BCUT2D eigenvalue weighted by molar-refractivity contribution is 0.00866. The van der Waals surface area contributed by atoms with Gasteiger partial charge in [0.25, 0.3) is 0 Å². The van der Waals surface area contributed by atoms with Crippen LogP contribution in [0.15, 0.2) is 0 Å². The number of hydrogen-bond donors (Lipinski definition) is 0. The maximum absolute atomic E-state index is 5.62. The topological polar surface area (TPSA) is 12.5 Å². The monoisotopic (exact) mass is 197 g/mol. The van der Waals surface area contributed by atoms with E-state index in [1.807, 2.05) is 0 Å². The Kier molecular flexibility index (Phi) is 3.13. The number of rotatable bonds is 3. The van der Waals surface area contributed by atoms with E-state index in [0.29, 0.717) is 0 Å². The average molecular weight is 197 g/mol. The summed E-state index contributed by atoms with van der Waals surface area (Å²) in [5.74, 6) is 1.63. The van der Waals surface area contributed by atoms with Crippen LogP contribution in [0.5, 0.6) is 0 Å². The van der Waals surface area contributed by atoms with Crippen LogP contribution in [0.1, 0.15) is 33.1 Å². The summed E-state index contributed by atoms with van der Waals surface area (Å²) in [5, 5.41) is 0. The molecular formula is C12H23NO. The van der Waals surface area contributed by atoms with Gasteiger partial charge in [0, 0.05) is 24.6 Å². The molecule has 2 heteroatoms. The zero-order valence-electron chi connectivity index (χ0n) is 9.70. The highest BCUT2D eigenvalue weighted by Crippen LogP contribution is 2.41. The quantitative estimate of drug-likeness (QED) is 0.687. The molecule has 0 spiro atoms. The molecule has 2 bridgehead atoms. The van der Waals surface area contributed by atoms with Crippen molar-refractivity contribution in [2.24, 2.45) is 11.8 Å². The molecule has 0 aromatic rings. The van der Waals surface area contributed by atoms with Gasteiger partial charge < -0.3 is 9.64 Å². The van der Waals surface area contributed by atoms with Crippen molar-refractivity contribution in [2.75, 3.05) is 20.3 Å². The van der Waals surface area contributed by atoms with Gasteiger partial charge >= 0.3 is 0 Å². The van der Waals surface area contributed by atoms with Crippen molar-refractivity contribution >= 4 is 0 Å². The minimum atomic E-state index is 0.777. The molecule has 0 amide bonds. The van der Waals surface area contributed by atoms with Gasteiger partial charge in [0.2, 0.25) is 0 Å². The molecule has 4 unspecified atom stereocenters. The Morgan fingerprint density at radius 3 is 2.86 bits per heavy atom. The van der Waals surface area contributed by atoms with E-state index in [1.54, 1.807) is 0 Å².